The summed E-state index contributed by atoms with van der Waals surface area (Å²) in [6.07, 6.45) is 0.804. The summed E-state index contributed by atoms with van der Waals surface area (Å²) in [4.78, 5) is 21.6. The van der Waals surface area contributed by atoms with Gasteiger partial charge in [0.25, 0.3) is 5.91 Å². The lowest BCUT2D eigenvalue weighted by molar-refractivity contribution is -0.152. The lowest BCUT2D eigenvalue weighted by atomic mass is 9.87. The number of hydrogen-bond acceptors (Lipinski definition) is 4. The van der Waals surface area contributed by atoms with E-state index in [2.05, 4.69) is 23.7 Å². The number of ether oxygens (including phenoxy) is 1. The van der Waals surface area contributed by atoms with E-state index < -0.39 is 12.1 Å². The number of benzene rings is 1. The van der Waals surface area contributed by atoms with Crippen LogP contribution in [-0.4, -0.2) is 54.3 Å². The maximum atomic E-state index is 13.8. The molecule has 3 atom stereocenters. The van der Waals surface area contributed by atoms with E-state index in [1.54, 1.807) is 18.2 Å². The highest BCUT2D eigenvalue weighted by Crippen LogP contribution is 2.40. The van der Waals surface area contributed by atoms with Gasteiger partial charge in [-0.3, -0.25) is 4.79 Å². The van der Waals surface area contributed by atoms with Crippen molar-refractivity contribution in [2.75, 3.05) is 25.1 Å². The number of carbonyl (C=O) groups excluding carboxylic acids is 1. The van der Waals surface area contributed by atoms with E-state index >= 15 is 0 Å². The molecule has 3 unspecified atom stereocenters. The Hall–Kier alpha value is -2.48. The van der Waals surface area contributed by atoms with Crippen LogP contribution in [-0.2, 0) is 0 Å². The SMILES string of the molecule is COc1cccc(C(CCCC2CCN(c3ccc(C(=O)N4C(C)CCC4C)c(Cl)n3)CC2)C(F)(F)F)c1. The molecule has 1 amide bonds. The van der Waals surface area contributed by atoms with Gasteiger partial charge < -0.3 is 14.5 Å². The highest BCUT2D eigenvalue weighted by Gasteiger charge is 2.40. The van der Waals surface area contributed by atoms with E-state index in [1.807, 2.05) is 11.0 Å². The first-order valence-corrected chi connectivity index (χ1v) is 13.9. The Balaban J connectivity index is 1.30. The Morgan fingerprint density at radius 3 is 2.39 bits per heavy atom. The van der Waals surface area contributed by atoms with Crippen LogP contribution in [0.5, 0.6) is 5.75 Å². The molecule has 1 aromatic carbocycles. The van der Waals surface area contributed by atoms with Crippen LogP contribution in [0.1, 0.15) is 80.6 Å². The summed E-state index contributed by atoms with van der Waals surface area (Å²) >= 11 is 6.47. The number of nitrogens with zero attached hydrogens (tertiary/aromatic N) is 3. The van der Waals surface area contributed by atoms with Crippen LogP contribution in [0.15, 0.2) is 36.4 Å². The Bertz CT molecular complexity index is 1090. The van der Waals surface area contributed by atoms with Crippen molar-refractivity contribution in [2.45, 2.75) is 83.0 Å². The minimum Gasteiger partial charge on any atom is -0.497 e. The van der Waals surface area contributed by atoms with Crippen molar-refractivity contribution in [2.24, 2.45) is 5.92 Å². The standard InChI is InChI=1S/C29H37ClF3N3O2/c1-19-10-11-20(2)36(19)28(37)24-12-13-26(34-27(24)30)35-16-14-21(15-17-35)6-4-9-25(29(31,32)33)22-7-5-8-23(18-22)38-3/h5,7-8,12-13,18-21,25H,4,6,9-11,14-17H2,1-3H3. The minimum absolute atomic E-state index is 0.0673. The van der Waals surface area contributed by atoms with Crippen molar-refractivity contribution in [3.8, 4) is 5.75 Å². The lowest BCUT2D eigenvalue weighted by Crippen LogP contribution is -2.39. The highest BCUT2D eigenvalue weighted by atomic mass is 35.5. The van der Waals surface area contributed by atoms with E-state index in [0.29, 0.717) is 23.7 Å². The molecule has 208 valence electrons. The number of anilines is 1. The quantitative estimate of drug-likeness (QED) is 0.319. The fraction of sp³-hybridized carbons (Fsp3) is 0.586. The third kappa shape index (κ3) is 6.56. The van der Waals surface area contributed by atoms with Gasteiger partial charge in [0.2, 0.25) is 0 Å². The Labute approximate surface area is 228 Å². The molecule has 0 bridgehead atoms. The third-order valence-corrected chi connectivity index (χ3v) is 8.47. The van der Waals surface area contributed by atoms with Crippen molar-refractivity contribution in [3.05, 3.63) is 52.7 Å². The van der Waals surface area contributed by atoms with Crippen molar-refractivity contribution in [3.63, 3.8) is 0 Å². The molecule has 2 aromatic rings. The zero-order valence-corrected chi connectivity index (χ0v) is 23.1. The molecular weight excluding hydrogens is 515 g/mol. The lowest BCUT2D eigenvalue weighted by Gasteiger charge is -2.33. The van der Waals surface area contributed by atoms with Crippen LogP contribution in [0.2, 0.25) is 5.15 Å². The third-order valence-electron chi connectivity index (χ3n) is 8.19. The van der Waals surface area contributed by atoms with Gasteiger partial charge in [-0.15, -0.1) is 0 Å². The molecule has 5 nitrogen and oxygen atoms in total. The predicted octanol–water partition coefficient (Wildman–Crippen LogP) is 7.49. The highest BCUT2D eigenvalue weighted by molar-refractivity contribution is 6.32. The second-order valence-electron chi connectivity index (χ2n) is 10.7. The molecule has 3 heterocycles. The van der Waals surface area contributed by atoms with Crippen LogP contribution >= 0.6 is 11.6 Å². The number of likely N-dealkylation sites (tertiary alicyclic amines) is 1. The van der Waals surface area contributed by atoms with Crippen molar-refractivity contribution in [1.29, 1.82) is 0 Å². The first-order chi connectivity index (χ1) is 18.1. The summed E-state index contributed by atoms with van der Waals surface area (Å²) in [5.41, 5.74) is 0.686. The number of alkyl halides is 3. The molecule has 2 fully saturated rings. The second kappa shape index (κ2) is 12.1. The summed E-state index contributed by atoms with van der Waals surface area (Å²) < 4.78 is 46.5. The van der Waals surface area contributed by atoms with Crippen molar-refractivity contribution < 1.29 is 22.7 Å². The Kier molecular flexibility index (Phi) is 9.11. The Morgan fingerprint density at radius 2 is 1.79 bits per heavy atom. The van der Waals surface area contributed by atoms with Crippen LogP contribution < -0.4 is 9.64 Å². The van der Waals surface area contributed by atoms with Gasteiger partial charge in [-0.25, -0.2) is 4.98 Å². The molecule has 0 radical (unpaired) electrons. The summed E-state index contributed by atoms with van der Waals surface area (Å²) in [5.74, 6) is -0.00821. The summed E-state index contributed by atoms with van der Waals surface area (Å²) in [6, 6.07) is 10.3. The van der Waals surface area contributed by atoms with Gasteiger partial charge in [-0.1, -0.05) is 36.6 Å². The van der Waals surface area contributed by atoms with Crippen LogP contribution in [0.25, 0.3) is 0 Å². The molecule has 0 spiro atoms. The van der Waals surface area contributed by atoms with E-state index in [4.69, 9.17) is 16.3 Å². The molecule has 2 saturated heterocycles. The first-order valence-electron chi connectivity index (χ1n) is 13.5. The topological polar surface area (TPSA) is 45.7 Å². The average Bonchev–Trinajstić information content (AvgIpc) is 3.23. The number of pyridine rings is 1. The van der Waals surface area contributed by atoms with Crippen LogP contribution in [0.4, 0.5) is 19.0 Å². The fourth-order valence-corrected chi connectivity index (χ4v) is 6.16. The normalized spacial score (nSPS) is 21.6. The van der Waals surface area contributed by atoms with Gasteiger partial charge in [-0.2, -0.15) is 13.2 Å². The maximum Gasteiger partial charge on any atom is 0.395 e. The molecule has 1 aromatic heterocycles. The van der Waals surface area contributed by atoms with Gasteiger partial charge in [0.15, 0.2) is 0 Å². The van der Waals surface area contributed by atoms with E-state index in [0.717, 1.165) is 51.0 Å². The zero-order chi connectivity index (χ0) is 27.4. The van der Waals surface area contributed by atoms with E-state index in [1.165, 1.54) is 19.2 Å². The van der Waals surface area contributed by atoms with Crippen LogP contribution in [0.3, 0.4) is 0 Å². The van der Waals surface area contributed by atoms with E-state index in [9.17, 15) is 18.0 Å². The van der Waals surface area contributed by atoms with Crippen LogP contribution in [0, 0.1) is 5.92 Å². The number of halogens is 4. The smallest absolute Gasteiger partial charge is 0.395 e. The molecule has 2 aliphatic rings. The molecule has 0 aliphatic carbocycles. The predicted molar refractivity (Wildman–Crippen MR) is 144 cm³/mol. The number of piperidine rings is 1. The molecule has 9 heteroatoms. The summed E-state index contributed by atoms with van der Waals surface area (Å²) in [6.45, 7) is 5.65. The maximum absolute atomic E-state index is 13.8. The monoisotopic (exact) mass is 551 g/mol. The van der Waals surface area contributed by atoms with Gasteiger partial charge >= 0.3 is 6.18 Å². The molecular formula is C29H37ClF3N3O2. The first kappa shape index (κ1) is 28.5. The number of rotatable bonds is 8. The van der Waals surface area contributed by atoms with Gasteiger partial charge in [-0.05, 0) is 81.7 Å². The minimum atomic E-state index is -4.29. The fourth-order valence-electron chi connectivity index (χ4n) is 5.93. The average molecular weight is 552 g/mol. The molecule has 4 rings (SSSR count). The number of methoxy groups -OCH3 is 1. The molecule has 38 heavy (non-hydrogen) atoms. The molecule has 0 saturated carbocycles. The number of aromatic nitrogens is 1. The van der Waals surface area contributed by atoms with E-state index in [-0.39, 0.29) is 35.1 Å². The molecule has 2 aliphatic heterocycles. The van der Waals surface area contributed by atoms with Gasteiger partial charge in [0.05, 0.1) is 18.6 Å². The largest absolute Gasteiger partial charge is 0.497 e. The van der Waals surface area contributed by atoms with Gasteiger partial charge in [0, 0.05) is 25.2 Å². The summed E-state index contributed by atoms with van der Waals surface area (Å²) in [5, 5.41) is 0.219. The summed E-state index contributed by atoms with van der Waals surface area (Å²) in [7, 11) is 1.46. The van der Waals surface area contributed by atoms with Gasteiger partial charge in [0.1, 0.15) is 16.7 Å². The number of carbonyl (C=O) groups is 1. The van der Waals surface area contributed by atoms with Crippen molar-refractivity contribution >= 4 is 23.3 Å². The molecule has 0 N–H and O–H groups in total. The second-order valence-corrected chi connectivity index (χ2v) is 11.1. The number of hydrogen-bond donors (Lipinski definition) is 0. The van der Waals surface area contributed by atoms with Crippen molar-refractivity contribution in [1.82, 2.24) is 9.88 Å². The number of amides is 1. The Morgan fingerprint density at radius 1 is 1.11 bits per heavy atom. The zero-order valence-electron chi connectivity index (χ0n) is 22.3.